The summed E-state index contributed by atoms with van der Waals surface area (Å²) in [6, 6.07) is 0. The minimum Gasteiger partial charge on any atom is -0.0654 e. The van der Waals surface area contributed by atoms with Crippen LogP contribution < -0.4 is 0 Å². The Morgan fingerprint density at radius 2 is 0.444 bits per heavy atom. The summed E-state index contributed by atoms with van der Waals surface area (Å²) in [7, 11) is 0. The third-order valence-electron chi connectivity index (χ3n) is 8.89. The van der Waals surface area contributed by atoms with Gasteiger partial charge in [0, 0.05) is 0 Å². The topological polar surface area (TPSA) is 0 Å². The van der Waals surface area contributed by atoms with Crippen molar-refractivity contribution in [1.82, 2.24) is 0 Å². The Morgan fingerprint density at radius 1 is 0.250 bits per heavy atom. The Hall–Kier alpha value is 0. The van der Waals surface area contributed by atoms with E-state index >= 15 is 0 Å². The van der Waals surface area contributed by atoms with Crippen LogP contribution in [0.15, 0.2) is 0 Å². The van der Waals surface area contributed by atoms with E-state index in [1.807, 2.05) is 0 Å². The molecule has 0 saturated heterocycles. The molecule has 0 N–H and O–H groups in total. The monoisotopic (exact) mass is 507 g/mol. The van der Waals surface area contributed by atoms with E-state index in [1.54, 1.807) is 0 Å². The molecule has 0 saturated carbocycles. The van der Waals surface area contributed by atoms with Gasteiger partial charge in [0.2, 0.25) is 0 Å². The van der Waals surface area contributed by atoms with Crippen molar-refractivity contribution < 1.29 is 0 Å². The maximum Gasteiger partial charge on any atom is -0.0443 e. The summed E-state index contributed by atoms with van der Waals surface area (Å²) in [4.78, 5) is 0. The van der Waals surface area contributed by atoms with Gasteiger partial charge in [-0.05, 0) is 17.8 Å². The van der Waals surface area contributed by atoms with Gasteiger partial charge in [0.1, 0.15) is 0 Å². The fourth-order valence-electron chi connectivity index (χ4n) is 6.02. The van der Waals surface area contributed by atoms with E-state index in [1.165, 1.54) is 180 Å². The molecule has 0 aliphatic heterocycles. The van der Waals surface area contributed by atoms with Crippen LogP contribution in [0.4, 0.5) is 0 Å². The lowest BCUT2D eigenvalue weighted by molar-refractivity contribution is 0.374. The molecule has 3 unspecified atom stereocenters. The van der Waals surface area contributed by atoms with Crippen LogP contribution in [0.3, 0.4) is 0 Å². The highest BCUT2D eigenvalue weighted by molar-refractivity contribution is 4.61. The first-order valence-electron chi connectivity index (χ1n) is 17.6. The Labute approximate surface area is 232 Å². The largest absolute Gasteiger partial charge is 0.0654 e. The van der Waals surface area contributed by atoms with E-state index in [0.29, 0.717) is 0 Å². The van der Waals surface area contributed by atoms with Crippen molar-refractivity contribution in [2.75, 3.05) is 0 Å². The smallest absolute Gasteiger partial charge is 0.0443 e. The molecule has 0 aromatic rings. The van der Waals surface area contributed by atoms with Gasteiger partial charge in [-0.15, -0.1) is 0 Å². The Bertz CT molecular complexity index is 385. The maximum atomic E-state index is 2.51. The second kappa shape index (κ2) is 29.6. The van der Waals surface area contributed by atoms with E-state index in [-0.39, 0.29) is 0 Å². The molecule has 0 amide bonds. The minimum atomic E-state index is 0.944. The van der Waals surface area contributed by atoms with E-state index in [4.69, 9.17) is 0 Å². The third-order valence-corrected chi connectivity index (χ3v) is 8.89. The average Bonchev–Trinajstić information content (AvgIpc) is 2.86. The van der Waals surface area contributed by atoms with Crippen LogP contribution in [-0.4, -0.2) is 0 Å². The second-order valence-electron chi connectivity index (χ2n) is 13.1. The summed E-state index contributed by atoms with van der Waals surface area (Å²) < 4.78 is 0. The molecule has 3 atom stereocenters. The standard InChI is InChI=1S/C36H74/c1-6-8-10-12-13-14-15-16-17-18-19-20-21-22-23-25-29-35(4)31-27-33-36(5)32-26-30-34(3)28-24-11-9-7-2/h34-36H,6-33H2,1-5H3. The van der Waals surface area contributed by atoms with Crippen molar-refractivity contribution in [2.24, 2.45) is 17.8 Å². The fourth-order valence-corrected chi connectivity index (χ4v) is 6.02. The van der Waals surface area contributed by atoms with Crippen LogP contribution >= 0.6 is 0 Å². The summed E-state index contributed by atoms with van der Waals surface area (Å²) in [5.41, 5.74) is 0. The van der Waals surface area contributed by atoms with Crippen LogP contribution in [0.5, 0.6) is 0 Å². The minimum absolute atomic E-state index is 0.944. The molecule has 0 spiro atoms. The number of hydrogen-bond acceptors (Lipinski definition) is 0. The van der Waals surface area contributed by atoms with Gasteiger partial charge in [0.25, 0.3) is 0 Å². The molecular weight excluding hydrogens is 432 g/mol. The van der Waals surface area contributed by atoms with Gasteiger partial charge in [-0.3, -0.25) is 0 Å². The molecule has 0 aromatic heterocycles. The van der Waals surface area contributed by atoms with Gasteiger partial charge in [0.15, 0.2) is 0 Å². The molecule has 0 radical (unpaired) electrons. The molecule has 0 aliphatic rings. The van der Waals surface area contributed by atoms with E-state index in [0.717, 1.165) is 17.8 Å². The summed E-state index contributed by atoms with van der Waals surface area (Å²) >= 11 is 0. The highest BCUT2D eigenvalue weighted by Gasteiger charge is 2.08. The highest BCUT2D eigenvalue weighted by Crippen LogP contribution is 2.23. The van der Waals surface area contributed by atoms with Crippen LogP contribution in [0.1, 0.15) is 214 Å². The van der Waals surface area contributed by atoms with Crippen molar-refractivity contribution in [3.05, 3.63) is 0 Å². The van der Waals surface area contributed by atoms with E-state index < -0.39 is 0 Å². The zero-order chi connectivity index (χ0) is 26.5. The molecule has 218 valence electrons. The second-order valence-corrected chi connectivity index (χ2v) is 13.1. The summed E-state index contributed by atoms with van der Waals surface area (Å²) in [5.74, 6) is 2.85. The Morgan fingerprint density at radius 3 is 0.722 bits per heavy atom. The van der Waals surface area contributed by atoms with Crippen LogP contribution in [0, 0.1) is 17.8 Å². The van der Waals surface area contributed by atoms with Crippen LogP contribution in [0.25, 0.3) is 0 Å². The first-order valence-corrected chi connectivity index (χ1v) is 17.6. The lowest BCUT2D eigenvalue weighted by Crippen LogP contribution is -2.01. The molecule has 0 heterocycles. The third kappa shape index (κ3) is 28.6. The van der Waals surface area contributed by atoms with Crippen LogP contribution in [0.2, 0.25) is 0 Å². The summed E-state index contributed by atoms with van der Waals surface area (Å²) in [6.07, 6.45) is 41.0. The van der Waals surface area contributed by atoms with E-state index in [9.17, 15) is 0 Å². The molecule has 0 rings (SSSR count). The molecular formula is C36H74. The number of rotatable bonds is 30. The Kier molecular flexibility index (Phi) is 29.6. The lowest BCUT2D eigenvalue weighted by atomic mass is 9.90. The zero-order valence-corrected chi connectivity index (χ0v) is 26.5. The lowest BCUT2D eigenvalue weighted by Gasteiger charge is -2.16. The van der Waals surface area contributed by atoms with Gasteiger partial charge in [-0.25, -0.2) is 0 Å². The SMILES string of the molecule is CCCCCCCCCCCCCCCCCCC(C)CCCC(C)CCCC(C)CCCCCC. The summed E-state index contributed by atoms with van der Waals surface area (Å²) in [5, 5.41) is 0. The van der Waals surface area contributed by atoms with Crippen molar-refractivity contribution in [2.45, 2.75) is 214 Å². The molecule has 0 heteroatoms. The highest BCUT2D eigenvalue weighted by atomic mass is 14.1. The van der Waals surface area contributed by atoms with Gasteiger partial charge >= 0.3 is 0 Å². The predicted molar refractivity (Wildman–Crippen MR) is 168 cm³/mol. The predicted octanol–water partition coefficient (Wildman–Crippen LogP) is 13.9. The van der Waals surface area contributed by atoms with Gasteiger partial charge in [0.05, 0.1) is 0 Å². The first kappa shape index (κ1) is 36.0. The zero-order valence-electron chi connectivity index (χ0n) is 26.5. The Balaban J connectivity index is 3.32. The number of hydrogen-bond donors (Lipinski definition) is 0. The molecule has 36 heavy (non-hydrogen) atoms. The van der Waals surface area contributed by atoms with Gasteiger partial charge < -0.3 is 0 Å². The van der Waals surface area contributed by atoms with Gasteiger partial charge in [-0.1, -0.05) is 214 Å². The molecule has 0 aromatic carbocycles. The van der Waals surface area contributed by atoms with Crippen molar-refractivity contribution in [3.8, 4) is 0 Å². The van der Waals surface area contributed by atoms with Crippen molar-refractivity contribution >= 4 is 0 Å². The van der Waals surface area contributed by atoms with E-state index in [2.05, 4.69) is 34.6 Å². The molecule has 0 aliphatic carbocycles. The van der Waals surface area contributed by atoms with Crippen molar-refractivity contribution in [3.63, 3.8) is 0 Å². The van der Waals surface area contributed by atoms with Gasteiger partial charge in [-0.2, -0.15) is 0 Å². The quantitative estimate of drug-likeness (QED) is 0.0849. The summed E-state index contributed by atoms with van der Waals surface area (Å²) in [6.45, 7) is 12.1. The average molecular weight is 507 g/mol. The maximum absolute atomic E-state index is 2.51. The molecule has 0 nitrogen and oxygen atoms in total. The van der Waals surface area contributed by atoms with Crippen LogP contribution in [-0.2, 0) is 0 Å². The molecule has 0 bridgehead atoms. The number of unbranched alkanes of at least 4 members (excludes halogenated alkanes) is 18. The molecule has 0 fully saturated rings. The van der Waals surface area contributed by atoms with Crippen molar-refractivity contribution in [1.29, 1.82) is 0 Å². The fraction of sp³-hybridized carbons (Fsp3) is 1.00. The first-order chi connectivity index (χ1) is 17.6. The normalized spacial score (nSPS) is 14.2.